The predicted molar refractivity (Wildman–Crippen MR) is 95.0 cm³/mol. The van der Waals surface area contributed by atoms with Crippen molar-refractivity contribution in [1.29, 1.82) is 0 Å². The van der Waals surface area contributed by atoms with Gasteiger partial charge in [-0.3, -0.25) is 0 Å². The molecule has 0 amide bonds. The molecule has 0 heterocycles. The van der Waals surface area contributed by atoms with E-state index in [0.717, 1.165) is 17.5 Å². The van der Waals surface area contributed by atoms with Gasteiger partial charge in [-0.2, -0.15) is 0 Å². The van der Waals surface area contributed by atoms with Gasteiger partial charge < -0.3 is 11.5 Å². The van der Waals surface area contributed by atoms with Crippen molar-refractivity contribution in [3.05, 3.63) is 69.8 Å². The molecule has 2 nitrogen and oxygen atoms in total. The summed E-state index contributed by atoms with van der Waals surface area (Å²) in [6.07, 6.45) is 1.11. The summed E-state index contributed by atoms with van der Waals surface area (Å²) >= 11 is 0. The molecule has 118 valence electrons. The number of rotatable bonds is 4. The molecule has 2 aromatic carbocycles. The summed E-state index contributed by atoms with van der Waals surface area (Å²) in [6.45, 7) is 10.7. The Hall–Kier alpha value is -1.64. The van der Waals surface area contributed by atoms with Crippen LogP contribution in [-0.4, -0.2) is 0 Å². The Morgan fingerprint density at radius 3 is 1.77 bits per heavy atom. The highest BCUT2D eigenvalue weighted by molar-refractivity contribution is 5.43. The van der Waals surface area contributed by atoms with E-state index in [1.54, 1.807) is 0 Å². The second-order valence-corrected chi connectivity index (χ2v) is 6.69. The molecule has 0 spiro atoms. The van der Waals surface area contributed by atoms with Gasteiger partial charge in [-0.1, -0.05) is 66.9 Å². The van der Waals surface area contributed by atoms with Gasteiger partial charge in [0.25, 0.3) is 0 Å². The monoisotopic (exact) mass is 296 g/mol. The number of benzene rings is 2. The van der Waals surface area contributed by atoms with Gasteiger partial charge in [-0.15, -0.1) is 0 Å². The van der Waals surface area contributed by atoms with Crippen LogP contribution in [0, 0.1) is 20.8 Å². The van der Waals surface area contributed by atoms with Gasteiger partial charge >= 0.3 is 0 Å². The number of nitrogens with two attached hydrogens (primary N) is 2. The van der Waals surface area contributed by atoms with E-state index in [9.17, 15) is 0 Å². The topological polar surface area (TPSA) is 52.0 Å². The van der Waals surface area contributed by atoms with Crippen LogP contribution in [0.2, 0.25) is 0 Å². The highest BCUT2D eigenvalue weighted by atomic mass is 15.0. The summed E-state index contributed by atoms with van der Waals surface area (Å²) in [4.78, 5) is 0. The Bertz CT molecular complexity index is 651. The smallest absolute Gasteiger partial charge is 0.116 e. The zero-order chi connectivity index (χ0) is 16.5. The van der Waals surface area contributed by atoms with Crippen LogP contribution in [0.1, 0.15) is 59.6 Å². The molecule has 0 aliphatic heterocycles. The minimum absolute atomic E-state index is 0.508. The van der Waals surface area contributed by atoms with Crippen LogP contribution in [0.5, 0.6) is 0 Å². The zero-order valence-electron chi connectivity index (χ0n) is 14.4. The molecule has 0 fully saturated rings. The summed E-state index contributed by atoms with van der Waals surface area (Å²) in [7, 11) is 0. The molecule has 2 aromatic rings. The van der Waals surface area contributed by atoms with E-state index in [1.807, 2.05) is 0 Å². The maximum atomic E-state index is 6.55. The first-order valence-corrected chi connectivity index (χ1v) is 8.02. The van der Waals surface area contributed by atoms with Crippen LogP contribution in [0.15, 0.2) is 36.4 Å². The summed E-state index contributed by atoms with van der Waals surface area (Å²) in [5, 5.41) is 0. The first-order valence-electron chi connectivity index (χ1n) is 8.02. The molecule has 0 saturated heterocycles. The third kappa shape index (κ3) is 3.40. The maximum Gasteiger partial charge on any atom is 0.116 e. The molecule has 0 bridgehead atoms. The molecule has 2 rings (SSSR count). The lowest BCUT2D eigenvalue weighted by molar-refractivity contribution is 0.564. The standard InChI is InChI=1S/C20H28N2/c1-6-16(5)17-8-15(4)11-19(12-17)20(21,22)18-9-13(2)7-14(3)10-18/h7-12,16H,6,21-22H2,1-5H3. The lowest BCUT2D eigenvalue weighted by atomic mass is 9.86. The third-order valence-electron chi connectivity index (χ3n) is 4.46. The van der Waals surface area contributed by atoms with Crippen LogP contribution >= 0.6 is 0 Å². The number of aryl methyl sites for hydroxylation is 3. The first kappa shape index (κ1) is 16.7. The van der Waals surface area contributed by atoms with Crippen molar-refractivity contribution in [3.63, 3.8) is 0 Å². The van der Waals surface area contributed by atoms with E-state index in [0.29, 0.717) is 5.92 Å². The Morgan fingerprint density at radius 2 is 1.27 bits per heavy atom. The van der Waals surface area contributed by atoms with Gasteiger partial charge in [0.1, 0.15) is 5.66 Å². The Kier molecular flexibility index (Phi) is 4.74. The van der Waals surface area contributed by atoms with E-state index in [2.05, 4.69) is 71.0 Å². The fourth-order valence-corrected chi connectivity index (χ4v) is 2.95. The van der Waals surface area contributed by atoms with Gasteiger partial charge in [0.15, 0.2) is 0 Å². The molecular formula is C20H28N2. The lowest BCUT2D eigenvalue weighted by Crippen LogP contribution is -2.47. The van der Waals surface area contributed by atoms with Gasteiger partial charge in [-0.05, 0) is 49.8 Å². The van der Waals surface area contributed by atoms with Crippen molar-refractivity contribution in [1.82, 2.24) is 0 Å². The Balaban J connectivity index is 2.55. The van der Waals surface area contributed by atoms with Gasteiger partial charge in [0.05, 0.1) is 0 Å². The molecule has 0 aliphatic carbocycles. The summed E-state index contributed by atoms with van der Waals surface area (Å²) < 4.78 is 0. The number of hydrogen-bond acceptors (Lipinski definition) is 2. The largest absolute Gasteiger partial charge is 0.306 e. The van der Waals surface area contributed by atoms with Crippen molar-refractivity contribution in [2.24, 2.45) is 11.5 Å². The minimum Gasteiger partial charge on any atom is -0.306 e. The maximum absolute atomic E-state index is 6.55. The summed E-state index contributed by atoms with van der Waals surface area (Å²) in [5.41, 5.74) is 19.0. The van der Waals surface area contributed by atoms with Crippen molar-refractivity contribution < 1.29 is 0 Å². The van der Waals surface area contributed by atoms with Gasteiger partial charge in [0, 0.05) is 0 Å². The molecule has 1 atom stereocenters. The molecule has 2 heteroatoms. The van der Waals surface area contributed by atoms with Crippen molar-refractivity contribution in [3.8, 4) is 0 Å². The average Bonchev–Trinajstić information content (AvgIpc) is 2.44. The van der Waals surface area contributed by atoms with Crippen LogP contribution in [0.4, 0.5) is 0 Å². The highest BCUT2D eigenvalue weighted by Crippen LogP contribution is 2.28. The highest BCUT2D eigenvalue weighted by Gasteiger charge is 2.26. The van der Waals surface area contributed by atoms with Gasteiger partial charge in [0.2, 0.25) is 0 Å². The lowest BCUT2D eigenvalue weighted by Gasteiger charge is -2.28. The van der Waals surface area contributed by atoms with E-state index in [-0.39, 0.29) is 0 Å². The summed E-state index contributed by atoms with van der Waals surface area (Å²) in [6, 6.07) is 12.8. The second kappa shape index (κ2) is 6.23. The van der Waals surface area contributed by atoms with E-state index in [1.165, 1.54) is 22.3 Å². The molecule has 0 radical (unpaired) electrons. The molecule has 22 heavy (non-hydrogen) atoms. The molecular weight excluding hydrogens is 268 g/mol. The molecule has 0 aromatic heterocycles. The second-order valence-electron chi connectivity index (χ2n) is 6.69. The SMILES string of the molecule is CCC(C)c1cc(C)cc(C(N)(N)c2cc(C)cc(C)c2)c1. The molecule has 4 N–H and O–H groups in total. The average molecular weight is 296 g/mol. The zero-order valence-corrected chi connectivity index (χ0v) is 14.4. The molecule has 0 aliphatic rings. The van der Waals surface area contributed by atoms with Crippen molar-refractivity contribution in [2.45, 2.75) is 52.6 Å². The van der Waals surface area contributed by atoms with Crippen LogP contribution in [0.25, 0.3) is 0 Å². The predicted octanol–water partition coefficient (Wildman–Crippen LogP) is 4.24. The minimum atomic E-state index is -0.967. The van der Waals surface area contributed by atoms with Crippen molar-refractivity contribution in [2.75, 3.05) is 0 Å². The van der Waals surface area contributed by atoms with Gasteiger partial charge in [-0.25, -0.2) is 0 Å². The van der Waals surface area contributed by atoms with Crippen LogP contribution in [0.3, 0.4) is 0 Å². The third-order valence-corrected chi connectivity index (χ3v) is 4.46. The first-order chi connectivity index (χ1) is 10.2. The summed E-state index contributed by atoms with van der Waals surface area (Å²) in [5.74, 6) is 0.508. The Labute approximate surface area is 134 Å². The quantitative estimate of drug-likeness (QED) is 0.829. The molecule has 0 saturated carbocycles. The van der Waals surface area contributed by atoms with Crippen LogP contribution in [-0.2, 0) is 5.66 Å². The van der Waals surface area contributed by atoms with Crippen molar-refractivity contribution >= 4 is 0 Å². The van der Waals surface area contributed by atoms with E-state index < -0.39 is 5.66 Å². The molecule has 1 unspecified atom stereocenters. The number of hydrogen-bond donors (Lipinski definition) is 2. The normalized spacial score (nSPS) is 13.2. The van der Waals surface area contributed by atoms with Crippen LogP contribution < -0.4 is 11.5 Å². The van der Waals surface area contributed by atoms with E-state index in [4.69, 9.17) is 11.5 Å². The Morgan fingerprint density at radius 1 is 0.818 bits per heavy atom. The fraction of sp³-hybridized carbons (Fsp3) is 0.400. The fourth-order valence-electron chi connectivity index (χ4n) is 2.95. The van der Waals surface area contributed by atoms with E-state index >= 15 is 0 Å².